The van der Waals surface area contributed by atoms with Crippen LogP contribution in [0.15, 0.2) is 18.2 Å². The molecule has 92 valence electrons. The average molecular weight is 253 g/mol. The molecule has 0 aromatic heterocycles. The number of benzene rings is 1. The van der Waals surface area contributed by atoms with Crippen molar-refractivity contribution in [2.75, 3.05) is 5.73 Å². The van der Waals surface area contributed by atoms with Crippen molar-refractivity contribution >= 4 is 23.2 Å². The Labute approximate surface area is 106 Å². The molecule has 0 aliphatic heterocycles. The van der Waals surface area contributed by atoms with Crippen LogP contribution in [0, 0.1) is 5.92 Å². The van der Waals surface area contributed by atoms with Gasteiger partial charge in [0, 0.05) is 16.8 Å². The molecule has 1 aliphatic rings. The van der Waals surface area contributed by atoms with Crippen LogP contribution >= 0.6 is 11.6 Å². The maximum absolute atomic E-state index is 12.1. The van der Waals surface area contributed by atoms with Crippen molar-refractivity contribution in [3.8, 4) is 0 Å². The van der Waals surface area contributed by atoms with E-state index in [0.717, 1.165) is 6.42 Å². The van der Waals surface area contributed by atoms with E-state index in [1.54, 1.807) is 18.2 Å². The molecule has 3 nitrogen and oxygen atoms in total. The van der Waals surface area contributed by atoms with E-state index in [1.807, 2.05) is 0 Å². The Morgan fingerprint density at radius 2 is 2.24 bits per heavy atom. The van der Waals surface area contributed by atoms with Gasteiger partial charge in [0.15, 0.2) is 0 Å². The summed E-state index contributed by atoms with van der Waals surface area (Å²) in [6.45, 7) is 2.17. The third-order valence-corrected chi connectivity index (χ3v) is 3.67. The van der Waals surface area contributed by atoms with Gasteiger partial charge >= 0.3 is 0 Å². The van der Waals surface area contributed by atoms with E-state index in [9.17, 15) is 4.79 Å². The number of nitrogen functional groups attached to an aromatic ring is 1. The quantitative estimate of drug-likeness (QED) is 0.796. The van der Waals surface area contributed by atoms with Gasteiger partial charge in [0.05, 0.1) is 5.56 Å². The van der Waals surface area contributed by atoms with Crippen molar-refractivity contribution in [1.29, 1.82) is 0 Å². The fourth-order valence-corrected chi connectivity index (χ4v) is 2.50. The monoisotopic (exact) mass is 252 g/mol. The summed E-state index contributed by atoms with van der Waals surface area (Å²) < 4.78 is 0. The van der Waals surface area contributed by atoms with Crippen LogP contribution in [0.3, 0.4) is 0 Å². The van der Waals surface area contributed by atoms with Crippen LogP contribution in [0.2, 0.25) is 5.02 Å². The summed E-state index contributed by atoms with van der Waals surface area (Å²) in [5, 5.41) is 3.57. The molecular weight excluding hydrogens is 236 g/mol. The van der Waals surface area contributed by atoms with Gasteiger partial charge in [-0.1, -0.05) is 24.9 Å². The third kappa shape index (κ3) is 2.72. The first kappa shape index (κ1) is 12.2. The van der Waals surface area contributed by atoms with Crippen LogP contribution in [0.5, 0.6) is 0 Å². The van der Waals surface area contributed by atoms with Crippen LogP contribution in [-0.2, 0) is 0 Å². The molecule has 1 aromatic carbocycles. The van der Waals surface area contributed by atoms with Gasteiger partial charge in [-0.15, -0.1) is 0 Å². The Balaban J connectivity index is 2.11. The zero-order chi connectivity index (χ0) is 12.4. The second-order valence-electron chi connectivity index (χ2n) is 4.72. The van der Waals surface area contributed by atoms with Crippen molar-refractivity contribution in [3.63, 3.8) is 0 Å². The average Bonchev–Trinajstić information content (AvgIpc) is 2.68. The molecule has 1 fully saturated rings. The van der Waals surface area contributed by atoms with Crippen molar-refractivity contribution in [1.82, 2.24) is 5.32 Å². The molecule has 2 unspecified atom stereocenters. The Kier molecular flexibility index (Phi) is 3.57. The number of halogens is 1. The Morgan fingerprint density at radius 1 is 1.47 bits per heavy atom. The first-order valence-corrected chi connectivity index (χ1v) is 6.31. The maximum Gasteiger partial charge on any atom is 0.253 e. The number of nitrogens with one attached hydrogen (secondary N) is 1. The summed E-state index contributed by atoms with van der Waals surface area (Å²) in [6.07, 6.45) is 3.40. The third-order valence-electron chi connectivity index (χ3n) is 3.44. The molecule has 0 bridgehead atoms. The molecule has 3 N–H and O–H groups in total. The summed E-state index contributed by atoms with van der Waals surface area (Å²) in [4.78, 5) is 12.1. The second-order valence-corrected chi connectivity index (χ2v) is 5.16. The summed E-state index contributed by atoms with van der Waals surface area (Å²) >= 11 is 5.87. The lowest BCUT2D eigenvalue weighted by molar-refractivity contribution is 0.0930. The normalized spacial score (nSPS) is 23.6. The summed E-state index contributed by atoms with van der Waals surface area (Å²) in [5.74, 6) is 0.420. The number of rotatable bonds is 2. The molecule has 1 aliphatic carbocycles. The van der Waals surface area contributed by atoms with Crippen LogP contribution < -0.4 is 11.1 Å². The first-order valence-electron chi connectivity index (χ1n) is 5.94. The van der Waals surface area contributed by atoms with E-state index >= 15 is 0 Å². The number of carbonyl (C=O) groups is 1. The van der Waals surface area contributed by atoms with E-state index in [2.05, 4.69) is 12.2 Å². The lowest BCUT2D eigenvalue weighted by Crippen LogP contribution is -2.36. The fraction of sp³-hybridized carbons (Fsp3) is 0.462. The Morgan fingerprint density at radius 3 is 2.88 bits per heavy atom. The van der Waals surface area contributed by atoms with E-state index in [4.69, 9.17) is 17.3 Å². The standard InChI is InChI=1S/C13H17ClN2O/c1-8-3-2-4-12(8)16-13(17)10-7-9(14)5-6-11(10)15/h5-8,12H,2-4,15H2,1H3,(H,16,17). The molecule has 0 spiro atoms. The van der Waals surface area contributed by atoms with Crippen LogP contribution in [0.25, 0.3) is 0 Å². The largest absolute Gasteiger partial charge is 0.398 e. The molecule has 1 aromatic rings. The van der Waals surface area contributed by atoms with Gasteiger partial charge in [-0.3, -0.25) is 4.79 Å². The molecule has 0 radical (unpaired) electrons. The van der Waals surface area contributed by atoms with Crippen molar-refractivity contribution < 1.29 is 4.79 Å². The maximum atomic E-state index is 12.1. The summed E-state index contributed by atoms with van der Waals surface area (Å²) in [5.41, 5.74) is 6.72. The van der Waals surface area contributed by atoms with Crippen LogP contribution in [0.4, 0.5) is 5.69 Å². The molecule has 0 saturated heterocycles. The highest BCUT2D eigenvalue weighted by atomic mass is 35.5. The van der Waals surface area contributed by atoms with Gasteiger partial charge in [0.1, 0.15) is 0 Å². The Bertz CT molecular complexity index is 433. The second kappa shape index (κ2) is 4.96. The smallest absolute Gasteiger partial charge is 0.253 e. The SMILES string of the molecule is CC1CCCC1NC(=O)c1cc(Cl)ccc1N. The van der Waals surface area contributed by atoms with Gasteiger partial charge in [-0.05, 0) is 37.0 Å². The minimum Gasteiger partial charge on any atom is -0.398 e. The van der Waals surface area contributed by atoms with Crippen molar-refractivity contribution in [3.05, 3.63) is 28.8 Å². The lowest BCUT2D eigenvalue weighted by Gasteiger charge is -2.18. The number of hydrogen-bond donors (Lipinski definition) is 2. The molecule has 4 heteroatoms. The summed E-state index contributed by atoms with van der Waals surface area (Å²) in [6, 6.07) is 5.23. The van der Waals surface area contributed by atoms with Crippen LogP contribution in [0.1, 0.15) is 36.5 Å². The van der Waals surface area contributed by atoms with Crippen molar-refractivity contribution in [2.45, 2.75) is 32.2 Å². The molecular formula is C13H17ClN2O. The van der Waals surface area contributed by atoms with E-state index in [1.165, 1.54) is 12.8 Å². The number of anilines is 1. The predicted molar refractivity (Wildman–Crippen MR) is 70.1 cm³/mol. The minimum absolute atomic E-state index is 0.122. The predicted octanol–water partition coefficient (Wildman–Crippen LogP) is 2.84. The van der Waals surface area contributed by atoms with E-state index in [0.29, 0.717) is 22.2 Å². The van der Waals surface area contributed by atoms with E-state index < -0.39 is 0 Å². The molecule has 1 saturated carbocycles. The molecule has 17 heavy (non-hydrogen) atoms. The Hall–Kier alpha value is -1.22. The molecule has 2 atom stereocenters. The summed E-state index contributed by atoms with van der Waals surface area (Å²) in [7, 11) is 0. The molecule has 0 heterocycles. The first-order chi connectivity index (χ1) is 8.08. The zero-order valence-electron chi connectivity index (χ0n) is 9.87. The van der Waals surface area contributed by atoms with Gasteiger partial charge in [-0.25, -0.2) is 0 Å². The number of hydrogen-bond acceptors (Lipinski definition) is 2. The highest BCUT2D eigenvalue weighted by Crippen LogP contribution is 2.26. The molecule has 1 amide bonds. The fourth-order valence-electron chi connectivity index (χ4n) is 2.33. The molecule has 2 rings (SSSR count). The van der Waals surface area contributed by atoms with Gasteiger partial charge in [0.25, 0.3) is 5.91 Å². The zero-order valence-corrected chi connectivity index (χ0v) is 10.6. The number of nitrogens with two attached hydrogens (primary N) is 1. The van der Waals surface area contributed by atoms with Gasteiger partial charge in [0.2, 0.25) is 0 Å². The number of amides is 1. The highest BCUT2D eigenvalue weighted by molar-refractivity contribution is 6.31. The lowest BCUT2D eigenvalue weighted by atomic mass is 10.1. The number of carbonyl (C=O) groups excluding carboxylic acids is 1. The van der Waals surface area contributed by atoms with E-state index in [-0.39, 0.29) is 11.9 Å². The minimum atomic E-state index is -0.122. The van der Waals surface area contributed by atoms with Crippen LogP contribution in [-0.4, -0.2) is 11.9 Å². The van der Waals surface area contributed by atoms with Gasteiger partial charge in [-0.2, -0.15) is 0 Å². The highest BCUT2D eigenvalue weighted by Gasteiger charge is 2.25. The topological polar surface area (TPSA) is 55.1 Å². The van der Waals surface area contributed by atoms with Crippen molar-refractivity contribution in [2.24, 2.45) is 5.92 Å². The van der Waals surface area contributed by atoms with Gasteiger partial charge < -0.3 is 11.1 Å².